The van der Waals surface area contributed by atoms with E-state index in [0.29, 0.717) is 16.8 Å². The van der Waals surface area contributed by atoms with Crippen LogP contribution < -0.4 is 20.7 Å². The SMILES string of the molecule is COc1cccc2c(Nc3ccc(C(=O)NC4CCN(Cc5ccccc5)CC4)cc3)c(CC(=O)NC3CCN(Cc4cccc(Cl)c4)CC3)cnc12. The van der Waals surface area contributed by atoms with Crippen molar-refractivity contribution < 1.29 is 14.3 Å². The number of halogens is 1. The first-order valence-electron chi connectivity index (χ1n) is 18.5. The molecule has 53 heavy (non-hydrogen) atoms. The van der Waals surface area contributed by atoms with Crippen LogP contribution in [0.4, 0.5) is 11.4 Å². The third-order valence-corrected chi connectivity index (χ3v) is 10.6. The van der Waals surface area contributed by atoms with Crippen molar-refractivity contribution in [3.63, 3.8) is 0 Å². The summed E-state index contributed by atoms with van der Waals surface area (Å²) in [5.41, 5.74) is 6.21. The van der Waals surface area contributed by atoms with Crippen molar-refractivity contribution in [3.8, 4) is 5.75 Å². The van der Waals surface area contributed by atoms with Gasteiger partial charge in [-0.1, -0.05) is 66.2 Å². The lowest BCUT2D eigenvalue weighted by atomic mass is 10.0. The highest BCUT2D eigenvalue weighted by Crippen LogP contribution is 2.34. The Labute approximate surface area is 316 Å². The van der Waals surface area contributed by atoms with Crippen molar-refractivity contribution in [2.45, 2.75) is 57.3 Å². The fourth-order valence-electron chi connectivity index (χ4n) is 7.46. The molecule has 5 aromatic rings. The van der Waals surface area contributed by atoms with E-state index in [1.54, 1.807) is 13.3 Å². The minimum atomic E-state index is -0.0650. The molecule has 9 nitrogen and oxygen atoms in total. The zero-order chi connectivity index (χ0) is 36.6. The van der Waals surface area contributed by atoms with E-state index in [0.717, 1.165) is 92.3 Å². The van der Waals surface area contributed by atoms with Gasteiger partial charge in [0.05, 0.1) is 19.2 Å². The third kappa shape index (κ3) is 9.53. The Morgan fingerprint density at radius 2 is 1.42 bits per heavy atom. The molecule has 2 aliphatic heterocycles. The van der Waals surface area contributed by atoms with Gasteiger partial charge in [0.1, 0.15) is 11.3 Å². The van der Waals surface area contributed by atoms with Gasteiger partial charge in [-0.2, -0.15) is 0 Å². The Hall–Kier alpha value is -4.96. The molecule has 3 heterocycles. The molecule has 0 unspecified atom stereocenters. The topological polar surface area (TPSA) is 98.8 Å². The number of carbonyl (C=O) groups excluding carboxylic acids is 2. The number of methoxy groups -OCH3 is 1. The predicted octanol–water partition coefficient (Wildman–Crippen LogP) is 7.36. The van der Waals surface area contributed by atoms with Crippen LogP contribution >= 0.6 is 11.6 Å². The number of hydrogen-bond donors (Lipinski definition) is 3. The summed E-state index contributed by atoms with van der Waals surface area (Å²) in [6.45, 7) is 5.51. The predicted molar refractivity (Wildman–Crippen MR) is 212 cm³/mol. The number of amides is 2. The van der Waals surface area contributed by atoms with Gasteiger partial charge in [-0.3, -0.25) is 24.4 Å². The van der Waals surface area contributed by atoms with Crippen molar-refractivity contribution in [2.24, 2.45) is 0 Å². The third-order valence-electron chi connectivity index (χ3n) is 10.3. The van der Waals surface area contributed by atoms with Gasteiger partial charge in [-0.15, -0.1) is 0 Å². The van der Waals surface area contributed by atoms with Crippen molar-refractivity contribution in [1.82, 2.24) is 25.4 Å². The first-order chi connectivity index (χ1) is 25.9. The largest absolute Gasteiger partial charge is 0.494 e. The van der Waals surface area contributed by atoms with Crippen LogP contribution in [0.3, 0.4) is 0 Å². The highest BCUT2D eigenvalue weighted by Gasteiger charge is 2.24. The molecule has 2 saturated heterocycles. The number of hydrogen-bond acceptors (Lipinski definition) is 7. The second-order valence-electron chi connectivity index (χ2n) is 14.2. The van der Waals surface area contributed by atoms with Crippen molar-refractivity contribution in [1.29, 1.82) is 0 Å². The molecular formula is C43H47ClN6O3. The molecule has 10 heteroatoms. The van der Waals surface area contributed by atoms with Crippen molar-refractivity contribution in [2.75, 3.05) is 38.6 Å². The van der Waals surface area contributed by atoms with Crippen LogP contribution in [-0.4, -0.2) is 72.0 Å². The lowest BCUT2D eigenvalue weighted by molar-refractivity contribution is -0.121. The number of para-hydroxylation sites is 1. The number of likely N-dealkylation sites (tertiary alicyclic amines) is 2. The smallest absolute Gasteiger partial charge is 0.251 e. The quantitative estimate of drug-likeness (QED) is 0.123. The fourth-order valence-corrected chi connectivity index (χ4v) is 7.67. The summed E-state index contributed by atoms with van der Waals surface area (Å²) >= 11 is 6.18. The molecule has 0 atom stereocenters. The monoisotopic (exact) mass is 730 g/mol. The molecule has 0 bridgehead atoms. The van der Waals surface area contributed by atoms with Crippen LogP contribution in [0.25, 0.3) is 10.9 Å². The molecule has 2 fully saturated rings. The lowest BCUT2D eigenvalue weighted by Gasteiger charge is -2.32. The molecule has 3 N–H and O–H groups in total. The maximum absolute atomic E-state index is 13.5. The van der Waals surface area contributed by atoms with Gasteiger partial charge in [0, 0.05) is 84.8 Å². The molecule has 274 valence electrons. The van der Waals surface area contributed by atoms with Gasteiger partial charge in [0.15, 0.2) is 0 Å². The number of anilines is 2. The Morgan fingerprint density at radius 1 is 0.774 bits per heavy atom. The Balaban J connectivity index is 0.968. The molecular weight excluding hydrogens is 684 g/mol. The summed E-state index contributed by atoms with van der Waals surface area (Å²) in [6, 6.07) is 32.1. The maximum atomic E-state index is 13.5. The molecule has 0 radical (unpaired) electrons. The molecule has 0 aliphatic carbocycles. The van der Waals surface area contributed by atoms with Gasteiger partial charge in [0.2, 0.25) is 5.91 Å². The maximum Gasteiger partial charge on any atom is 0.251 e. The van der Waals surface area contributed by atoms with E-state index in [1.807, 2.05) is 66.7 Å². The average Bonchev–Trinajstić information content (AvgIpc) is 3.17. The number of pyridine rings is 1. The molecule has 4 aromatic carbocycles. The fraction of sp³-hybridized carbons (Fsp3) is 0.326. The van der Waals surface area contributed by atoms with Crippen LogP contribution in [0.5, 0.6) is 5.75 Å². The van der Waals surface area contributed by atoms with E-state index in [2.05, 4.69) is 56.1 Å². The van der Waals surface area contributed by atoms with E-state index in [4.69, 9.17) is 21.3 Å². The second-order valence-corrected chi connectivity index (χ2v) is 14.6. The summed E-state index contributed by atoms with van der Waals surface area (Å²) in [6.07, 6.45) is 5.56. The minimum Gasteiger partial charge on any atom is -0.494 e. The van der Waals surface area contributed by atoms with Crippen molar-refractivity contribution in [3.05, 3.63) is 131 Å². The van der Waals surface area contributed by atoms with Gasteiger partial charge in [-0.25, -0.2) is 0 Å². The number of nitrogens with one attached hydrogen (secondary N) is 3. The number of rotatable bonds is 12. The number of carbonyl (C=O) groups is 2. The van der Waals surface area contributed by atoms with Crippen molar-refractivity contribution >= 4 is 45.7 Å². The van der Waals surface area contributed by atoms with E-state index < -0.39 is 0 Å². The van der Waals surface area contributed by atoms with Crippen LogP contribution in [0.2, 0.25) is 5.02 Å². The van der Waals surface area contributed by atoms with Crippen LogP contribution in [-0.2, 0) is 24.3 Å². The number of piperidine rings is 2. The van der Waals surface area contributed by atoms with Crippen LogP contribution in [0.15, 0.2) is 103 Å². The molecule has 7 rings (SSSR count). The van der Waals surface area contributed by atoms with Crippen LogP contribution in [0.1, 0.15) is 52.7 Å². The minimum absolute atomic E-state index is 0.0386. The van der Waals surface area contributed by atoms with Gasteiger partial charge < -0.3 is 20.7 Å². The highest BCUT2D eigenvalue weighted by molar-refractivity contribution is 6.30. The Kier molecular flexibility index (Phi) is 11.8. The molecule has 1 aromatic heterocycles. The van der Waals surface area contributed by atoms with Gasteiger partial charge in [-0.05, 0) is 79.3 Å². The van der Waals surface area contributed by atoms with E-state index in [9.17, 15) is 9.59 Å². The van der Waals surface area contributed by atoms with E-state index in [-0.39, 0.29) is 30.3 Å². The first kappa shape index (κ1) is 36.4. The van der Waals surface area contributed by atoms with Gasteiger partial charge in [0.25, 0.3) is 5.91 Å². The Bertz CT molecular complexity index is 2010. The summed E-state index contributed by atoms with van der Waals surface area (Å²) in [5.74, 6) is 0.553. The van der Waals surface area contributed by atoms with E-state index in [1.165, 1.54) is 11.1 Å². The summed E-state index contributed by atoms with van der Waals surface area (Å²) in [7, 11) is 1.63. The zero-order valence-corrected chi connectivity index (χ0v) is 30.9. The molecule has 0 spiro atoms. The molecule has 0 saturated carbocycles. The summed E-state index contributed by atoms with van der Waals surface area (Å²) in [4.78, 5) is 36.3. The molecule has 2 amide bonds. The first-order valence-corrected chi connectivity index (χ1v) is 18.9. The lowest BCUT2D eigenvalue weighted by Crippen LogP contribution is -2.44. The highest BCUT2D eigenvalue weighted by atomic mass is 35.5. The van der Waals surface area contributed by atoms with Gasteiger partial charge >= 0.3 is 0 Å². The van der Waals surface area contributed by atoms with Crippen LogP contribution in [0, 0.1) is 0 Å². The summed E-state index contributed by atoms with van der Waals surface area (Å²) in [5, 5.41) is 11.7. The summed E-state index contributed by atoms with van der Waals surface area (Å²) < 4.78 is 5.62. The number of benzene rings is 4. The van der Waals surface area contributed by atoms with E-state index >= 15 is 0 Å². The number of fused-ring (bicyclic) bond motifs is 1. The molecule has 2 aliphatic rings. The second kappa shape index (κ2) is 17.2. The average molecular weight is 731 g/mol. The number of nitrogens with zero attached hydrogens (tertiary/aromatic N) is 3. The normalized spacial score (nSPS) is 16.0. The standard InChI is InChI=1S/C43H47ClN6O3/c1-53-39-12-6-11-38-41(33(27-45-42(38)39)26-40(51)46-36-17-21-50(22-18-36)29-31-9-5-10-34(44)25-31)47-35-15-13-32(14-16-35)43(52)48-37-19-23-49(24-20-37)28-30-7-3-2-4-8-30/h2-16,25,27,36-37H,17-24,26,28-29H2,1H3,(H,45,47)(H,46,51)(H,48,52). The Morgan fingerprint density at radius 3 is 2.09 bits per heavy atom. The number of ether oxygens (including phenoxy) is 1. The number of aromatic nitrogens is 1. The zero-order valence-electron chi connectivity index (χ0n) is 30.2.